The summed E-state index contributed by atoms with van der Waals surface area (Å²) in [5.41, 5.74) is -0.504. The van der Waals surface area contributed by atoms with Gasteiger partial charge in [0.2, 0.25) is 18.2 Å². The Morgan fingerprint density at radius 1 is 0.880 bits per heavy atom. The molecule has 0 aliphatic heterocycles. The maximum atomic E-state index is 11.1. The molecule has 0 heterocycles. The summed E-state index contributed by atoms with van der Waals surface area (Å²) in [5.74, 6) is 0.219. The number of hydrogen-bond donors (Lipinski definition) is 0. The van der Waals surface area contributed by atoms with Gasteiger partial charge in [0, 0.05) is 5.41 Å². The van der Waals surface area contributed by atoms with E-state index in [0.29, 0.717) is 13.1 Å². The van der Waals surface area contributed by atoms with Gasteiger partial charge >= 0.3 is 0 Å². The molecule has 0 radical (unpaired) electrons. The van der Waals surface area contributed by atoms with Gasteiger partial charge in [0.1, 0.15) is 0 Å². The molecule has 6 nitrogen and oxygen atoms in total. The van der Waals surface area contributed by atoms with Crippen molar-refractivity contribution in [1.29, 1.82) is 0 Å². The second-order valence-corrected chi connectivity index (χ2v) is 7.43. The molecule has 0 bridgehead atoms. The van der Waals surface area contributed by atoms with Crippen LogP contribution < -0.4 is 0 Å². The highest BCUT2D eigenvalue weighted by Gasteiger charge is 2.60. The minimum Gasteiger partial charge on any atom is -0.211 e. The highest BCUT2D eigenvalue weighted by Crippen LogP contribution is 2.62. The Morgan fingerprint density at radius 3 is 2.16 bits per heavy atom. The van der Waals surface area contributed by atoms with Crippen LogP contribution in [-0.2, 0) is 14.4 Å². The van der Waals surface area contributed by atoms with Crippen LogP contribution in [0.25, 0.3) is 0 Å². The third-order valence-electron chi connectivity index (χ3n) is 6.84. The van der Waals surface area contributed by atoms with Crippen molar-refractivity contribution in [1.82, 2.24) is 0 Å². The minimum absolute atomic E-state index is 0.141. The van der Waals surface area contributed by atoms with Crippen molar-refractivity contribution in [3.8, 4) is 0 Å². The van der Waals surface area contributed by atoms with E-state index in [9.17, 15) is 14.4 Å². The van der Waals surface area contributed by atoms with Crippen LogP contribution in [0.3, 0.4) is 0 Å². The van der Waals surface area contributed by atoms with Crippen molar-refractivity contribution < 1.29 is 14.4 Å². The first kappa shape index (κ1) is 19.5. The van der Waals surface area contributed by atoms with Gasteiger partial charge in [0.25, 0.3) is 0 Å². The molecular weight excluding hydrogens is 318 g/mol. The Hall–Kier alpha value is -1.86. The second-order valence-electron chi connectivity index (χ2n) is 7.43. The zero-order chi connectivity index (χ0) is 18.2. The van der Waals surface area contributed by atoms with Crippen LogP contribution in [0.1, 0.15) is 64.7 Å². The van der Waals surface area contributed by atoms with Gasteiger partial charge in [-0.15, -0.1) is 0 Å². The molecule has 0 aromatic carbocycles. The molecule has 4 atom stereocenters. The molecule has 0 amide bonds. The van der Waals surface area contributed by atoms with Gasteiger partial charge in [-0.1, -0.05) is 32.6 Å². The molecule has 0 aromatic rings. The second kappa shape index (κ2) is 9.01. The van der Waals surface area contributed by atoms with E-state index < -0.39 is 0 Å². The van der Waals surface area contributed by atoms with Crippen LogP contribution in [-0.4, -0.2) is 37.4 Å². The van der Waals surface area contributed by atoms with Crippen molar-refractivity contribution in [2.75, 3.05) is 13.1 Å². The quantitative estimate of drug-likeness (QED) is 0.545. The summed E-state index contributed by atoms with van der Waals surface area (Å²) in [6.07, 6.45) is 13.9. The molecule has 6 heteroatoms. The van der Waals surface area contributed by atoms with Crippen LogP contribution in [0.5, 0.6) is 0 Å². The summed E-state index contributed by atoms with van der Waals surface area (Å²) in [6.45, 7) is 2.94. The summed E-state index contributed by atoms with van der Waals surface area (Å²) >= 11 is 0. The normalized spacial score (nSPS) is 34.9. The fourth-order valence-corrected chi connectivity index (χ4v) is 5.75. The van der Waals surface area contributed by atoms with Crippen LogP contribution >= 0.6 is 0 Å². The van der Waals surface area contributed by atoms with E-state index >= 15 is 0 Å². The van der Waals surface area contributed by atoms with Gasteiger partial charge in [0.15, 0.2) is 0 Å². The van der Waals surface area contributed by atoms with Crippen molar-refractivity contribution in [3.63, 3.8) is 0 Å². The zero-order valence-corrected chi connectivity index (χ0v) is 15.0. The summed E-state index contributed by atoms with van der Waals surface area (Å²) in [4.78, 5) is 44.8. The molecule has 2 aliphatic rings. The Balaban J connectivity index is 2.61. The number of fused-ring (bicyclic) bond motifs is 1. The van der Waals surface area contributed by atoms with Crippen molar-refractivity contribution in [2.45, 2.75) is 70.8 Å². The highest BCUT2D eigenvalue weighted by molar-refractivity contribution is 5.36. The monoisotopic (exact) mass is 345 g/mol. The molecular formula is C19H27N3O3. The van der Waals surface area contributed by atoms with Crippen molar-refractivity contribution in [2.24, 2.45) is 31.7 Å². The number of carbonyl (C=O) groups excluding carboxylic acids is 3. The minimum atomic E-state index is -0.363. The molecule has 0 spiro atoms. The Labute approximate surface area is 148 Å². The summed E-state index contributed by atoms with van der Waals surface area (Å²) in [7, 11) is 0. The largest absolute Gasteiger partial charge is 0.235 e. The standard InChI is InChI=1S/C19H27N3O3/c1-2-18-9-5-3-4-6-10-19(18,12-21-14-24)17(22-15-25)8-7-16(18)11-20-13-23/h16-17H,2-12H2,1H3. The number of hydrogen-bond acceptors (Lipinski definition) is 6. The average molecular weight is 345 g/mol. The van der Waals surface area contributed by atoms with Gasteiger partial charge in [0.05, 0.1) is 19.1 Å². The Kier molecular flexibility index (Phi) is 7.01. The van der Waals surface area contributed by atoms with Crippen molar-refractivity contribution in [3.05, 3.63) is 0 Å². The number of rotatable bonds is 6. The predicted octanol–water partition coefficient (Wildman–Crippen LogP) is 3.51. The summed E-state index contributed by atoms with van der Waals surface area (Å²) < 4.78 is 0. The molecule has 0 saturated heterocycles. The van der Waals surface area contributed by atoms with E-state index in [1.54, 1.807) is 18.2 Å². The maximum Gasteiger partial charge on any atom is 0.235 e. The molecule has 25 heavy (non-hydrogen) atoms. The molecule has 0 N–H and O–H groups in total. The Bertz CT molecular complexity index is 603. The summed E-state index contributed by atoms with van der Waals surface area (Å²) in [6, 6.07) is -0.184. The van der Waals surface area contributed by atoms with E-state index in [4.69, 9.17) is 0 Å². The van der Waals surface area contributed by atoms with Gasteiger partial charge < -0.3 is 0 Å². The van der Waals surface area contributed by atoms with Crippen LogP contribution in [0, 0.1) is 16.7 Å². The molecule has 0 aromatic heterocycles. The first-order valence-corrected chi connectivity index (χ1v) is 9.35. The molecule has 2 rings (SSSR count). The highest BCUT2D eigenvalue weighted by atomic mass is 16.1. The molecule has 4 unspecified atom stereocenters. The Morgan fingerprint density at radius 2 is 1.56 bits per heavy atom. The first-order chi connectivity index (χ1) is 12.2. The smallest absolute Gasteiger partial charge is 0.211 e. The van der Waals surface area contributed by atoms with Gasteiger partial charge in [-0.3, -0.25) is 0 Å². The third-order valence-corrected chi connectivity index (χ3v) is 6.84. The van der Waals surface area contributed by atoms with E-state index in [-0.39, 0.29) is 22.8 Å². The summed E-state index contributed by atoms with van der Waals surface area (Å²) in [5, 5.41) is 0. The lowest BCUT2D eigenvalue weighted by atomic mass is 9.45. The fraction of sp³-hybridized carbons (Fsp3) is 0.842. The maximum absolute atomic E-state index is 11.1. The SMILES string of the molecule is CCC12CCCCCCC1(CN=C=O)C(N=C=O)CCC2CN=C=O. The first-order valence-electron chi connectivity index (χ1n) is 9.35. The topological polar surface area (TPSA) is 88.3 Å². The number of isocyanates is 3. The number of aliphatic imine (C=N–C) groups is 3. The van der Waals surface area contributed by atoms with E-state index in [1.807, 2.05) is 0 Å². The van der Waals surface area contributed by atoms with E-state index in [0.717, 1.165) is 51.4 Å². The predicted molar refractivity (Wildman–Crippen MR) is 93.5 cm³/mol. The van der Waals surface area contributed by atoms with Crippen LogP contribution in [0.15, 0.2) is 15.0 Å². The lowest BCUT2D eigenvalue weighted by Crippen LogP contribution is -2.59. The van der Waals surface area contributed by atoms with Crippen LogP contribution in [0.4, 0.5) is 0 Å². The third kappa shape index (κ3) is 3.57. The van der Waals surface area contributed by atoms with Gasteiger partial charge in [-0.25, -0.2) is 29.4 Å². The molecule has 2 fully saturated rings. The van der Waals surface area contributed by atoms with Gasteiger partial charge in [-0.2, -0.15) is 0 Å². The molecule has 2 aliphatic carbocycles. The molecule has 136 valence electrons. The fourth-order valence-electron chi connectivity index (χ4n) is 5.75. The lowest BCUT2D eigenvalue weighted by Gasteiger charge is -2.60. The van der Waals surface area contributed by atoms with E-state index in [1.165, 1.54) is 6.42 Å². The average Bonchev–Trinajstić information content (AvgIpc) is 2.61. The molecule has 2 saturated carbocycles. The number of nitrogens with zero attached hydrogens (tertiary/aromatic N) is 3. The van der Waals surface area contributed by atoms with Crippen molar-refractivity contribution >= 4 is 18.2 Å². The van der Waals surface area contributed by atoms with E-state index in [2.05, 4.69) is 21.9 Å². The van der Waals surface area contributed by atoms with Crippen LogP contribution in [0.2, 0.25) is 0 Å². The lowest BCUT2D eigenvalue weighted by molar-refractivity contribution is -0.0925. The zero-order valence-electron chi connectivity index (χ0n) is 15.0. The van der Waals surface area contributed by atoms with Gasteiger partial charge in [-0.05, 0) is 43.4 Å².